The van der Waals surface area contributed by atoms with Crippen molar-refractivity contribution in [2.75, 3.05) is 13.2 Å². The number of nitrogens with zero attached hydrogens (tertiary/aromatic N) is 1. The van der Waals surface area contributed by atoms with Crippen molar-refractivity contribution in [3.63, 3.8) is 0 Å². The van der Waals surface area contributed by atoms with Crippen LogP contribution in [0.1, 0.15) is 24.8 Å². The summed E-state index contributed by atoms with van der Waals surface area (Å²) in [6.45, 7) is 0.998. The molecule has 0 saturated carbocycles. The largest absolute Gasteiger partial charge is 0.507 e. The summed E-state index contributed by atoms with van der Waals surface area (Å²) in [6, 6.07) is 7.13. The number of hydrogen-bond donors (Lipinski definition) is 2. The lowest BCUT2D eigenvalue weighted by Crippen LogP contribution is -1.88. The highest BCUT2D eigenvalue weighted by atomic mass is 16.3. The molecule has 2 N–H and O–H groups in total. The molecule has 0 saturated heterocycles. The second-order valence-corrected chi connectivity index (χ2v) is 3.38. The molecule has 0 aliphatic carbocycles. The van der Waals surface area contributed by atoms with Gasteiger partial charge in [0.15, 0.2) is 0 Å². The van der Waals surface area contributed by atoms with E-state index in [9.17, 15) is 5.11 Å². The first-order valence-corrected chi connectivity index (χ1v) is 5.23. The van der Waals surface area contributed by atoms with E-state index < -0.39 is 0 Å². The van der Waals surface area contributed by atoms with Gasteiger partial charge < -0.3 is 10.2 Å². The maximum absolute atomic E-state index is 9.43. The summed E-state index contributed by atoms with van der Waals surface area (Å²) in [7, 11) is 0. The molecule has 15 heavy (non-hydrogen) atoms. The van der Waals surface area contributed by atoms with Crippen LogP contribution in [-0.4, -0.2) is 29.6 Å². The van der Waals surface area contributed by atoms with Gasteiger partial charge in [0.05, 0.1) is 0 Å². The Kier molecular flexibility index (Phi) is 5.48. The molecule has 0 fully saturated rings. The van der Waals surface area contributed by atoms with Crippen LogP contribution in [-0.2, 0) is 0 Å². The maximum atomic E-state index is 9.43. The molecule has 0 aliphatic rings. The first-order valence-electron chi connectivity index (χ1n) is 5.23. The Hall–Kier alpha value is -1.35. The third-order valence-electron chi connectivity index (χ3n) is 2.11. The standard InChI is InChI=1S/C12H17NO2/c14-9-5-1-4-8-13-10-11-6-2-3-7-12(11)15/h2-3,6-7,10,14-15H,1,4-5,8-9H2. The molecule has 1 rings (SSSR count). The van der Waals surface area contributed by atoms with Crippen LogP contribution in [0.15, 0.2) is 29.3 Å². The molecule has 0 heterocycles. The summed E-state index contributed by atoms with van der Waals surface area (Å²) in [4.78, 5) is 4.21. The molecule has 1 aromatic rings. The third-order valence-corrected chi connectivity index (χ3v) is 2.11. The number of phenols is 1. The van der Waals surface area contributed by atoms with E-state index in [2.05, 4.69) is 4.99 Å². The van der Waals surface area contributed by atoms with Crippen LogP contribution in [0.3, 0.4) is 0 Å². The van der Waals surface area contributed by atoms with Crippen molar-refractivity contribution in [2.45, 2.75) is 19.3 Å². The van der Waals surface area contributed by atoms with Crippen LogP contribution < -0.4 is 0 Å². The molecule has 0 aromatic heterocycles. The quantitative estimate of drug-likeness (QED) is 0.553. The predicted molar refractivity (Wildman–Crippen MR) is 61.5 cm³/mol. The van der Waals surface area contributed by atoms with Crippen molar-refractivity contribution in [3.8, 4) is 5.75 Å². The van der Waals surface area contributed by atoms with E-state index >= 15 is 0 Å². The Labute approximate surface area is 90.1 Å². The number of aliphatic imine (C=N–C) groups is 1. The molecule has 0 unspecified atom stereocenters. The fraction of sp³-hybridized carbons (Fsp3) is 0.417. The SMILES string of the molecule is OCCCCCN=Cc1ccccc1O. The summed E-state index contributed by atoms with van der Waals surface area (Å²) in [5.41, 5.74) is 0.750. The number of aliphatic hydroxyl groups is 1. The normalized spacial score (nSPS) is 11.0. The maximum Gasteiger partial charge on any atom is 0.124 e. The molecule has 3 nitrogen and oxygen atoms in total. The highest BCUT2D eigenvalue weighted by molar-refractivity contribution is 5.83. The van der Waals surface area contributed by atoms with Gasteiger partial charge in [0.2, 0.25) is 0 Å². The Morgan fingerprint density at radius 2 is 1.93 bits per heavy atom. The Morgan fingerprint density at radius 3 is 2.67 bits per heavy atom. The van der Waals surface area contributed by atoms with Gasteiger partial charge in [0.25, 0.3) is 0 Å². The van der Waals surface area contributed by atoms with Gasteiger partial charge in [-0.3, -0.25) is 4.99 Å². The average molecular weight is 207 g/mol. The van der Waals surface area contributed by atoms with Crippen LogP contribution in [0, 0.1) is 0 Å². The van der Waals surface area contributed by atoms with Crippen LogP contribution in [0.5, 0.6) is 5.75 Å². The lowest BCUT2D eigenvalue weighted by atomic mass is 10.2. The minimum atomic E-state index is 0.253. The first kappa shape index (κ1) is 11.7. The predicted octanol–water partition coefficient (Wildman–Crippen LogP) is 1.97. The molecule has 0 radical (unpaired) electrons. The number of unbranched alkanes of at least 4 members (excludes halogenated alkanes) is 2. The fourth-order valence-electron chi connectivity index (χ4n) is 1.25. The molecule has 0 bridgehead atoms. The van der Waals surface area contributed by atoms with Crippen molar-refractivity contribution in [2.24, 2.45) is 4.99 Å². The van der Waals surface area contributed by atoms with E-state index in [0.29, 0.717) is 0 Å². The number of rotatable bonds is 6. The van der Waals surface area contributed by atoms with Gasteiger partial charge in [0.1, 0.15) is 5.75 Å². The van der Waals surface area contributed by atoms with Crippen LogP contribution in [0.4, 0.5) is 0 Å². The van der Waals surface area contributed by atoms with Gasteiger partial charge >= 0.3 is 0 Å². The topological polar surface area (TPSA) is 52.8 Å². The van der Waals surface area contributed by atoms with Crippen molar-refractivity contribution in [1.82, 2.24) is 0 Å². The van der Waals surface area contributed by atoms with E-state index in [0.717, 1.165) is 31.4 Å². The summed E-state index contributed by atoms with van der Waals surface area (Å²) >= 11 is 0. The highest BCUT2D eigenvalue weighted by Crippen LogP contribution is 2.12. The summed E-state index contributed by atoms with van der Waals surface area (Å²) in [5, 5.41) is 18.0. The Morgan fingerprint density at radius 1 is 1.13 bits per heavy atom. The molecule has 0 spiro atoms. The second kappa shape index (κ2) is 7.01. The zero-order valence-corrected chi connectivity index (χ0v) is 8.76. The van der Waals surface area contributed by atoms with E-state index in [1.54, 1.807) is 18.3 Å². The molecule has 0 aliphatic heterocycles. The van der Waals surface area contributed by atoms with Gasteiger partial charge in [-0.2, -0.15) is 0 Å². The van der Waals surface area contributed by atoms with Gasteiger partial charge in [0, 0.05) is 24.9 Å². The van der Waals surface area contributed by atoms with Gasteiger partial charge in [-0.25, -0.2) is 0 Å². The van der Waals surface area contributed by atoms with E-state index in [-0.39, 0.29) is 12.4 Å². The molecule has 0 atom stereocenters. The van der Waals surface area contributed by atoms with Crippen molar-refractivity contribution >= 4 is 6.21 Å². The Balaban J connectivity index is 2.29. The molecule has 82 valence electrons. The third kappa shape index (κ3) is 4.61. The molecular formula is C12H17NO2. The smallest absolute Gasteiger partial charge is 0.124 e. The minimum absolute atomic E-state index is 0.253. The fourth-order valence-corrected chi connectivity index (χ4v) is 1.25. The van der Waals surface area contributed by atoms with Crippen molar-refractivity contribution < 1.29 is 10.2 Å². The summed E-state index contributed by atoms with van der Waals surface area (Å²) in [6.07, 6.45) is 4.50. The molecule has 1 aromatic carbocycles. The number of benzene rings is 1. The highest BCUT2D eigenvalue weighted by Gasteiger charge is 1.93. The monoisotopic (exact) mass is 207 g/mol. The zero-order chi connectivity index (χ0) is 10.9. The van der Waals surface area contributed by atoms with Crippen LogP contribution >= 0.6 is 0 Å². The summed E-state index contributed by atoms with van der Waals surface area (Å²) < 4.78 is 0. The number of aliphatic hydroxyl groups excluding tert-OH is 1. The van der Waals surface area contributed by atoms with E-state index in [1.807, 2.05) is 12.1 Å². The number of phenolic OH excluding ortho intramolecular Hbond substituents is 1. The van der Waals surface area contributed by atoms with Crippen molar-refractivity contribution in [3.05, 3.63) is 29.8 Å². The van der Waals surface area contributed by atoms with Gasteiger partial charge in [-0.05, 0) is 31.4 Å². The van der Waals surface area contributed by atoms with Gasteiger partial charge in [-0.15, -0.1) is 0 Å². The van der Waals surface area contributed by atoms with Gasteiger partial charge in [-0.1, -0.05) is 12.1 Å². The van der Waals surface area contributed by atoms with Crippen molar-refractivity contribution in [1.29, 1.82) is 0 Å². The van der Waals surface area contributed by atoms with E-state index in [1.165, 1.54) is 0 Å². The van der Waals surface area contributed by atoms with Crippen LogP contribution in [0.25, 0.3) is 0 Å². The minimum Gasteiger partial charge on any atom is -0.507 e. The van der Waals surface area contributed by atoms with E-state index in [4.69, 9.17) is 5.11 Å². The summed E-state index contributed by atoms with van der Waals surface area (Å²) in [5.74, 6) is 0.261. The molecular weight excluding hydrogens is 190 g/mol. The average Bonchev–Trinajstić information content (AvgIpc) is 2.25. The lowest BCUT2D eigenvalue weighted by Gasteiger charge is -1.97. The number of para-hydroxylation sites is 1. The first-order chi connectivity index (χ1) is 7.34. The zero-order valence-electron chi connectivity index (χ0n) is 8.76. The van der Waals surface area contributed by atoms with Crippen LogP contribution in [0.2, 0.25) is 0 Å². The lowest BCUT2D eigenvalue weighted by molar-refractivity contribution is 0.283. The molecule has 3 heteroatoms. The molecule has 0 amide bonds. The second-order valence-electron chi connectivity index (χ2n) is 3.38. The number of aromatic hydroxyl groups is 1. The number of hydrogen-bond acceptors (Lipinski definition) is 3. The Bertz CT molecular complexity index is 310.